The van der Waals surface area contributed by atoms with E-state index in [1.807, 2.05) is 13.0 Å². The van der Waals surface area contributed by atoms with Crippen molar-refractivity contribution in [3.05, 3.63) is 23.8 Å². The van der Waals surface area contributed by atoms with E-state index in [0.29, 0.717) is 37.1 Å². The maximum Gasteiger partial charge on any atom is 0.319 e. The van der Waals surface area contributed by atoms with Crippen molar-refractivity contribution in [1.82, 2.24) is 10.2 Å². The van der Waals surface area contributed by atoms with Crippen molar-refractivity contribution in [2.24, 2.45) is 5.92 Å². The lowest BCUT2D eigenvalue weighted by Crippen LogP contribution is -2.41. The van der Waals surface area contributed by atoms with Gasteiger partial charge in [0.15, 0.2) is 6.61 Å². The first kappa shape index (κ1) is 20.5. The van der Waals surface area contributed by atoms with Crippen LogP contribution in [0.1, 0.15) is 31.2 Å². The van der Waals surface area contributed by atoms with Gasteiger partial charge in [-0.3, -0.25) is 9.59 Å². The van der Waals surface area contributed by atoms with Crippen LogP contribution in [0.25, 0.3) is 0 Å². The molecule has 1 aliphatic rings. The second kappa shape index (κ2) is 9.25. The third-order valence-corrected chi connectivity index (χ3v) is 4.65. The topological polar surface area (TPSA) is 108 Å². The summed E-state index contributed by atoms with van der Waals surface area (Å²) in [5.41, 5.74) is 1.42. The molecule has 1 saturated carbocycles. The molecule has 148 valence electrons. The average Bonchev–Trinajstić information content (AvgIpc) is 2.61. The molecule has 0 aromatic heterocycles. The molecular formula is C19H27N3O5. The summed E-state index contributed by atoms with van der Waals surface area (Å²) in [6, 6.07) is 4.91. The summed E-state index contributed by atoms with van der Waals surface area (Å²) in [5, 5.41) is 14.7. The van der Waals surface area contributed by atoms with Crippen LogP contribution in [0.5, 0.6) is 5.75 Å². The molecule has 3 amide bonds. The van der Waals surface area contributed by atoms with Crippen LogP contribution in [0.4, 0.5) is 10.5 Å². The number of likely N-dealkylation sites (N-methyl/N-ethyl adjacent to an activating group) is 1. The van der Waals surface area contributed by atoms with E-state index in [9.17, 15) is 14.4 Å². The summed E-state index contributed by atoms with van der Waals surface area (Å²) >= 11 is 0. The van der Waals surface area contributed by atoms with E-state index in [2.05, 4.69) is 10.6 Å². The SMILES string of the molecule is Cc1ccc(NC(=O)NC2CCC(C(=O)O)CC2)c(OCC(=O)N(C)C)c1. The third-order valence-electron chi connectivity index (χ3n) is 4.65. The van der Waals surface area contributed by atoms with Gasteiger partial charge < -0.3 is 25.4 Å². The Morgan fingerprint density at radius 2 is 1.85 bits per heavy atom. The Kier molecular flexibility index (Phi) is 7.04. The van der Waals surface area contributed by atoms with Crippen molar-refractivity contribution in [3.63, 3.8) is 0 Å². The second-order valence-electron chi connectivity index (χ2n) is 7.06. The van der Waals surface area contributed by atoms with E-state index in [-0.39, 0.29) is 30.5 Å². The van der Waals surface area contributed by atoms with E-state index in [1.165, 1.54) is 4.90 Å². The van der Waals surface area contributed by atoms with E-state index < -0.39 is 5.97 Å². The maximum absolute atomic E-state index is 12.3. The summed E-state index contributed by atoms with van der Waals surface area (Å²) in [4.78, 5) is 36.5. The summed E-state index contributed by atoms with van der Waals surface area (Å²) in [6.45, 7) is 1.78. The Bertz CT molecular complexity index is 697. The van der Waals surface area contributed by atoms with Crippen molar-refractivity contribution in [2.45, 2.75) is 38.6 Å². The minimum Gasteiger partial charge on any atom is -0.482 e. The van der Waals surface area contributed by atoms with Crippen LogP contribution in [0, 0.1) is 12.8 Å². The molecule has 0 aliphatic heterocycles. The first-order valence-corrected chi connectivity index (χ1v) is 9.00. The fraction of sp³-hybridized carbons (Fsp3) is 0.526. The van der Waals surface area contributed by atoms with Crippen LogP contribution in [0.3, 0.4) is 0 Å². The van der Waals surface area contributed by atoms with Crippen molar-refractivity contribution in [3.8, 4) is 5.75 Å². The Balaban J connectivity index is 1.93. The molecule has 27 heavy (non-hydrogen) atoms. The number of benzene rings is 1. The molecular weight excluding hydrogens is 350 g/mol. The summed E-state index contributed by atoms with van der Waals surface area (Å²) in [6.07, 6.45) is 2.40. The van der Waals surface area contributed by atoms with Gasteiger partial charge in [0.2, 0.25) is 0 Å². The molecule has 1 aromatic rings. The molecule has 8 nitrogen and oxygen atoms in total. The number of carbonyl (C=O) groups is 3. The number of hydrogen-bond acceptors (Lipinski definition) is 4. The van der Waals surface area contributed by atoms with Gasteiger partial charge in [0.1, 0.15) is 5.75 Å². The molecule has 0 radical (unpaired) electrons. The number of nitrogens with zero attached hydrogens (tertiary/aromatic N) is 1. The number of nitrogens with one attached hydrogen (secondary N) is 2. The zero-order chi connectivity index (χ0) is 20.0. The normalized spacial score (nSPS) is 19.1. The average molecular weight is 377 g/mol. The van der Waals surface area contributed by atoms with Crippen LogP contribution in [-0.2, 0) is 9.59 Å². The molecule has 3 N–H and O–H groups in total. The van der Waals surface area contributed by atoms with Crippen LogP contribution in [0.15, 0.2) is 18.2 Å². The van der Waals surface area contributed by atoms with E-state index in [1.54, 1.807) is 26.2 Å². The molecule has 0 saturated heterocycles. The highest BCUT2D eigenvalue weighted by Gasteiger charge is 2.26. The van der Waals surface area contributed by atoms with Crippen LogP contribution in [-0.4, -0.2) is 54.7 Å². The van der Waals surface area contributed by atoms with Crippen LogP contribution < -0.4 is 15.4 Å². The standard InChI is InChI=1S/C19H27N3O5/c1-12-4-9-15(16(10-12)27-11-17(23)22(2)3)21-19(26)20-14-7-5-13(6-8-14)18(24)25/h4,9-10,13-14H,5-8,11H2,1-3H3,(H,24,25)(H2,20,21,26). The highest BCUT2D eigenvalue weighted by molar-refractivity contribution is 5.91. The number of urea groups is 1. The molecule has 0 spiro atoms. The van der Waals surface area contributed by atoms with Gasteiger partial charge in [-0.25, -0.2) is 4.79 Å². The molecule has 0 atom stereocenters. The fourth-order valence-electron chi connectivity index (χ4n) is 2.95. The van der Waals surface area contributed by atoms with Gasteiger partial charge in [0.05, 0.1) is 11.6 Å². The number of aryl methyl sites for hydroxylation is 1. The maximum atomic E-state index is 12.3. The van der Waals surface area contributed by atoms with Crippen LogP contribution in [0.2, 0.25) is 0 Å². The molecule has 1 aliphatic carbocycles. The van der Waals surface area contributed by atoms with E-state index >= 15 is 0 Å². The number of anilines is 1. The zero-order valence-corrected chi connectivity index (χ0v) is 15.9. The summed E-state index contributed by atoms with van der Waals surface area (Å²) in [5.74, 6) is -0.846. The lowest BCUT2D eigenvalue weighted by atomic mass is 9.86. The molecule has 0 unspecified atom stereocenters. The van der Waals surface area contributed by atoms with Crippen LogP contribution >= 0.6 is 0 Å². The lowest BCUT2D eigenvalue weighted by molar-refractivity contribution is -0.142. The fourth-order valence-corrected chi connectivity index (χ4v) is 2.95. The Morgan fingerprint density at radius 1 is 1.19 bits per heavy atom. The first-order valence-electron chi connectivity index (χ1n) is 9.00. The zero-order valence-electron chi connectivity index (χ0n) is 15.9. The highest BCUT2D eigenvalue weighted by atomic mass is 16.5. The minimum absolute atomic E-state index is 0.0502. The largest absolute Gasteiger partial charge is 0.482 e. The third kappa shape index (κ3) is 6.16. The van der Waals surface area contributed by atoms with Gasteiger partial charge in [-0.2, -0.15) is 0 Å². The number of ether oxygens (including phenoxy) is 1. The van der Waals surface area contributed by atoms with Crippen molar-refractivity contribution < 1.29 is 24.2 Å². The van der Waals surface area contributed by atoms with E-state index in [0.717, 1.165) is 5.56 Å². The van der Waals surface area contributed by atoms with Gasteiger partial charge in [-0.1, -0.05) is 6.07 Å². The van der Waals surface area contributed by atoms with Gasteiger partial charge in [-0.05, 0) is 50.3 Å². The quantitative estimate of drug-likeness (QED) is 0.704. The smallest absolute Gasteiger partial charge is 0.319 e. The summed E-state index contributed by atoms with van der Waals surface area (Å²) < 4.78 is 5.57. The predicted molar refractivity (Wildman–Crippen MR) is 101 cm³/mol. The van der Waals surface area contributed by atoms with Crippen molar-refractivity contribution in [2.75, 3.05) is 26.0 Å². The molecule has 2 rings (SSSR count). The van der Waals surface area contributed by atoms with Gasteiger partial charge in [-0.15, -0.1) is 0 Å². The molecule has 1 fully saturated rings. The number of amides is 3. The monoisotopic (exact) mass is 377 g/mol. The Labute approximate surface area is 158 Å². The van der Waals surface area contributed by atoms with Gasteiger partial charge >= 0.3 is 12.0 Å². The number of hydrogen-bond donors (Lipinski definition) is 3. The molecule has 1 aromatic carbocycles. The molecule has 0 heterocycles. The minimum atomic E-state index is -0.772. The number of carboxylic acid groups (broad SMARTS) is 1. The number of carbonyl (C=O) groups excluding carboxylic acids is 2. The number of rotatable bonds is 6. The first-order chi connectivity index (χ1) is 12.8. The predicted octanol–water partition coefficient (Wildman–Crippen LogP) is 2.23. The number of aliphatic carboxylic acids is 1. The number of carboxylic acids is 1. The van der Waals surface area contributed by atoms with E-state index in [4.69, 9.17) is 9.84 Å². The van der Waals surface area contributed by atoms with Gasteiger partial charge in [0, 0.05) is 20.1 Å². The van der Waals surface area contributed by atoms with Gasteiger partial charge in [0.25, 0.3) is 5.91 Å². The molecule has 8 heteroatoms. The second-order valence-corrected chi connectivity index (χ2v) is 7.06. The molecule has 0 bridgehead atoms. The highest BCUT2D eigenvalue weighted by Crippen LogP contribution is 2.27. The summed E-state index contributed by atoms with van der Waals surface area (Å²) in [7, 11) is 3.29. The Hall–Kier alpha value is -2.77. The van der Waals surface area contributed by atoms with Crippen molar-refractivity contribution in [1.29, 1.82) is 0 Å². The lowest BCUT2D eigenvalue weighted by Gasteiger charge is -2.27. The Morgan fingerprint density at radius 3 is 2.44 bits per heavy atom. The van der Waals surface area contributed by atoms with Crippen molar-refractivity contribution >= 4 is 23.6 Å².